The minimum atomic E-state index is -0.323. The Balaban J connectivity index is 1.41. The molecule has 4 rings (SSSR count). The molecule has 2 amide bonds. The molecule has 0 radical (unpaired) electrons. The fourth-order valence-corrected chi connectivity index (χ4v) is 4.54. The van der Waals surface area contributed by atoms with Gasteiger partial charge in [-0.1, -0.05) is 42.5 Å². The Labute approximate surface area is 212 Å². The third-order valence-corrected chi connectivity index (χ3v) is 6.49. The monoisotopic (exact) mass is 487 g/mol. The van der Waals surface area contributed by atoms with Crippen LogP contribution in [0.1, 0.15) is 30.0 Å². The molecule has 1 atom stereocenters. The summed E-state index contributed by atoms with van der Waals surface area (Å²) in [5.74, 6) is 1.28. The fraction of sp³-hybridized carbons (Fsp3) is 0.310. The third-order valence-electron chi connectivity index (χ3n) is 6.49. The number of rotatable bonds is 9. The second-order valence-electron chi connectivity index (χ2n) is 8.98. The summed E-state index contributed by atoms with van der Waals surface area (Å²) in [5, 5.41) is 6.19. The molecule has 2 N–H and O–H groups in total. The summed E-state index contributed by atoms with van der Waals surface area (Å²) in [5.41, 5.74) is 2.69. The van der Waals surface area contributed by atoms with Crippen molar-refractivity contribution < 1.29 is 19.1 Å². The van der Waals surface area contributed by atoms with E-state index in [4.69, 9.17) is 9.47 Å². The first-order valence-corrected chi connectivity index (χ1v) is 12.2. The second kappa shape index (κ2) is 12.2. The molecule has 188 valence electrons. The van der Waals surface area contributed by atoms with Crippen LogP contribution in [0.25, 0.3) is 0 Å². The molecule has 0 saturated carbocycles. The standard InChI is InChI=1S/C29H33N3O4/c1-35-25-14-10-21(11-15-25)28(22-12-16-26(36-2)17-13-22)31-27(33)20-32-18-6-7-23(19-32)29(34)30-24-8-4-3-5-9-24/h3-5,8-17,23,28H,6-7,18-20H2,1-2H3,(H,30,34)(H,31,33). The van der Waals surface area contributed by atoms with Gasteiger partial charge >= 0.3 is 0 Å². The predicted molar refractivity (Wildman–Crippen MR) is 140 cm³/mol. The van der Waals surface area contributed by atoms with Gasteiger partial charge in [0, 0.05) is 12.2 Å². The lowest BCUT2D eigenvalue weighted by molar-refractivity contribution is -0.126. The maximum atomic E-state index is 13.2. The maximum absolute atomic E-state index is 13.2. The van der Waals surface area contributed by atoms with Crippen LogP contribution in [-0.2, 0) is 9.59 Å². The summed E-state index contributed by atoms with van der Waals surface area (Å²) in [6, 6.07) is 24.5. The molecule has 0 aliphatic carbocycles. The quantitative estimate of drug-likeness (QED) is 0.472. The number of methoxy groups -OCH3 is 2. The maximum Gasteiger partial charge on any atom is 0.234 e. The molecule has 1 heterocycles. The minimum absolute atomic E-state index is 0.000602. The zero-order valence-electron chi connectivity index (χ0n) is 20.8. The number of anilines is 1. The van der Waals surface area contributed by atoms with Crippen LogP contribution in [0.4, 0.5) is 5.69 Å². The van der Waals surface area contributed by atoms with Gasteiger partial charge in [0.1, 0.15) is 11.5 Å². The summed E-state index contributed by atoms with van der Waals surface area (Å²) < 4.78 is 10.6. The summed E-state index contributed by atoms with van der Waals surface area (Å²) in [6.07, 6.45) is 1.69. The Bertz CT molecular complexity index is 1090. The molecule has 1 aliphatic rings. The van der Waals surface area contributed by atoms with Crippen LogP contribution in [0, 0.1) is 5.92 Å². The fourth-order valence-electron chi connectivity index (χ4n) is 4.54. The van der Waals surface area contributed by atoms with Crippen molar-refractivity contribution in [1.29, 1.82) is 0 Å². The highest BCUT2D eigenvalue weighted by molar-refractivity contribution is 5.92. The summed E-state index contributed by atoms with van der Waals surface area (Å²) in [7, 11) is 3.26. The van der Waals surface area contributed by atoms with Crippen molar-refractivity contribution in [2.75, 3.05) is 39.2 Å². The van der Waals surface area contributed by atoms with Gasteiger partial charge in [-0.2, -0.15) is 0 Å². The zero-order valence-corrected chi connectivity index (χ0v) is 20.8. The Morgan fingerprint density at radius 1 is 0.889 bits per heavy atom. The first kappa shape index (κ1) is 25.3. The van der Waals surface area contributed by atoms with E-state index in [9.17, 15) is 9.59 Å². The van der Waals surface area contributed by atoms with Gasteiger partial charge in [0.2, 0.25) is 11.8 Å². The summed E-state index contributed by atoms with van der Waals surface area (Å²) in [4.78, 5) is 28.0. The zero-order chi connectivity index (χ0) is 25.3. The van der Waals surface area contributed by atoms with Crippen LogP contribution >= 0.6 is 0 Å². The lowest BCUT2D eigenvalue weighted by Crippen LogP contribution is -2.46. The number of carbonyl (C=O) groups is 2. The number of para-hydroxylation sites is 1. The molecular formula is C29H33N3O4. The number of amides is 2. The number of nitrogens with one attached hydrogen (secondary N) is 2. The normalized spacial score (nSPS) is 15.8. The number of ether oxygens (including phenoxy) is 2. The van der Waals surface area contributed by atoms with E-state index < -0.39 is 0 Å². The van der Waals surface area contributed by atoms with Crippen molar-refractivity contribution in [3.05, 3.63) is 90.0 Å². The second-order valence-corrected chi connectivity index (χ2v) is 8.98. The van der Waals surface area contributed by atoms with E-state index in [1.807, 2.05) is 78.9 Å². The van der Waals surface area contributed by atoms with Crippen LogP contribution in [0.5, 0.6) is 11.5 Å². The van der Waals surface area contributed by atoms with Crippen molar-refractivity contribution >= 4 is 17.5 Å². The van der Waals surface area contributed by atoms with E-state index in [0.717, 1.165) is 47.7 Å². The highest BCUT2D eigenvalue weighted by Gasteiger charge is 2.27. The third kappa shape index (κ3) is 6.64. The van der Waals surface area contributed by atoms with Gasteiger partial charge in [-0.05, 0) is 66.9 Å². The van der Waals surface area contributed by atoms with E-state index in [0.29, 0.717) is 6.54 Å². The SMILES string of the molecule is COc1ccc(C(NC(=O)CN2CCCC(C(=O)Nc3ccccc3)C2)c2ccc(OC)cc2)cc1. The molecule has 0 bridgehead atoms. The molecule has 0 aromatic heterocycles. The molecule has 3 aromatic carbocycles. The average Bonchev–Trinajstić information content (AvgIpc) is 2.92. The molecule has 7 heteroatoms. The molecule has 1 fully saturated rings. The Hall–Kier alpha value is -3.84. The van der Waals surface area contributed by atoms with Gasteiger partial charge in [0.15, 0.2) is 0 Å². The lowest BCUT2D eigenvalue weighted by atomic mass is 9.96. The molecule has 0 spiro atoms. The first-order valence-electron chi connectivity index (χ1n) is 12.2. The number of likely N-dealkylation sites (tertiary alicyclic amines) is 1. The number of hydrogen-bond donors (Lipinski definition) is 2. The van der Waals surface area contributed by atoms with Crippen LogP contribution in [0.3, 0.4) is 0 Å². The van der Waals surface area contributed by atoms with Crippen LogP contribution in [0.2, 0.25) is 0 Å². The van der Waals surface area contributed by atoms with Crippen LogP contribution in [0.15, 0.2) is 78.9 Å². The van der Waals surface area contributed by atoms with Gasteiger partial charge in [-0.15, -0.1) is 0 Å². The van der Waals surface area contributed by atoms with Crippen molar-refractivity contribution in [3.8, 4) is 11.5 Å². The summed E-state index contributed by atoms with van der Waals surface area (Å²) >= 11 is 0. The highest BCUT2D eigenvalue weighted by atomic mass is 16.5. The molecule has 1 saturated heterocycles. The first-order chi connectivity index (χ1) is 17.6. The Kier molecular flexibility index (Phi) is 8.57. The predicted octanol–water partition coefficient (Wildman–Crippen LogP) is 4.26. The Morgan fingerprint density at radius 2 is 1.47 bits per heavy atom. The van der Waals surface area contributed by atoms with E-state index in [1.165, 1.54) is 0 Å². The molecule has 7 nitrogen and oxygen atoms in total. The molecule has 3 aromatic rings. The topological polar surface area (TPSA) is 79.9 Å². The van der Waals surface area contributed by atoms with Gasteiger partial charge < -0.3 is 20.1 Å². The van der Waals surface area contributed by atoms with Crippen molar-refractivity contribution in [1.82, 2.24) is 10.2 Å². The molecule has 36 heavy (non-hydrogen) atoms. The Morgan fingerprint density at radius 3 is 2.03 bits per heavy atom. The van der Waals surface area contributed by atoms with Crippen LogP contribution in [-0.4, -0.2) is 50.6 Å². The van der Waals surface area contributed by atoms with Crippen molar-refractivity contribution in [3.63, 3.8) is 0 Å². The lowest BCUT2D eigenvalue weighted by Gasteiger charge is -2.32. The van der Waals surface area contributed by atoms with E-state index in [2.05, 4.69) is 15.5 Å². The summed E-state index contributed by atoms with van der Waals surface area (Å²) in [6.45, 7) is 1.58. The molecule has 1 aliphatic heterocycles. The van der Waals surface area contributed by atoms with Gasteiger partial charge in [0.25, 0.3) is 0 Å². The van der Waals surface area contributed by atoms with E-state index in [1.54, 1.807) is 14.2 Å². The van der Waals surface area contributed by atoms with E-state index >= 15 is 0 Å². The van der Waals surface area contributed by atoms with Gasteiger partial charge in [0.05, 0.1) is 32.7 Å². The smallest absolute Gasteiger partial charge is 0.234 e. The number of carbonyl (C=O) groups excluding carboxylic acids is 2. The number of nitrogens with zero attached hydrogens (tertiary/aromatic N) is 1. The van der Waals surface area contributed by atoms with E-state index in [-0.39, 0.29) is 30.3 Å². The van der Waals surface area contributed by atoms with Crippen molar-refractivity contribution in [2.45, 2.75) is 18.9 Å². The van der Waals surface area contributed by atoms with Crippen LogP contribution < -0.4 is 20.1 Å². The number of piperidine rings is 1. The average molecular weight is 488 g/mol. The largest absolute Gasteiger partial charge is 0.497 e. The van der Waals surface area contributed by atoms with Gasteiger partial charge in [-0.3, -0.25) is 14.5 Å². The molecular weight excluding hydrogens is 454 g/mol. The highest BCUT2D eigenvalue weighted by Crippen LogP contribution is 2.26. The molecule has 1 unspecified atom stereocenters. The number of hydrogen-bond acceptors (Lipinski definition) is 5. The number of benzene rings is 3. The van der Waals surface area contributed by atoms with Gasteiger partial charge in [-0.25, -0.2) is 0 Å². The minimum Gasteiger partial charge on any atom is -0.497 e. The van der Waals surface area contributed by atoms with Crippen molar-refractivity contribution in [2.24, 2.45) is 5.92 Å².